The topological polar surface area (TPSA) is 29.0 Å². The average Bonchev–Trinajstić information content (AvgIpc) is 2.32. The molecule has 3 nitrogen and oxygen atoms in total. The maximum atomic E-state index is 4.71. The Morgan fingerprint density at radius 3 is 2.61 bits per heavy atom. The Bertz CT molecular complexity index is 438. The van der Waals surface area contributed by atoms with Gasteiger partial charge in [0.15, 0.2) is 0 Å². The van der Waals surface area contributed by atoms with Crippen molar-refractivity contribution in [1.82, 2.24) is 9.97 Å². The van der Waals surface area contributed by atoms with E-state index < -0.39 is 0 Å². The molecule has 1 fully saturated rings. The van der Waals surface area contributed by atoms with E-state index in [1.807, 2.05) is 6.92 Å². The standard InChI is InChI=1S/C15H23N3/c1-11-16-14-9-4-3-8-13(14)15(17-11)18(2)10-12-6-5-7-12/h12H,3-10H2,1-2H3. The lowest BCUT2D eigenvalue weighted by Gasteiger charge is -2.32. The van der Waals surface area contributed by atoms with E-state index in [-0.39, 0.29) is 0 Å². The molecule has 0 aromatic carbocycles. The Morgan fingerprint density at radius 1 is 1.11 bits per heavy atom. The van der Waals surface area contributed by atoms with Gasteiger partial charge in [-0.3, -0.25) is 0 Å². The highest BCUT2D eigenvalue weighted by atomic mass is 15.2. The molecule has 3 rings (SSSR count). The molecule has 0 unspecified atom stereocenters. The first-order valence-electron chi connectivity index (χ1n) is 7.31. The van der Waals surface area contributed by atoms with Crippen molar-refractivity contribution in [1.29, 1.82) is 0 Å². The van der Waals surface area contributed by atoms with Gasteiger partial charge < -0.3 is 4.90 Å². The number of hydrogen-bond donors (Lipinski definition) is 0. The van der Waals surface area contributed by atoms with E-state index in [1.54, 1.807) is 0 Å². The number of aryl methyl sites for hydroxylation is 2. The molecule has 0 radical (unpaired) electrons. The fourth-order valence-electron chi connectivity index (χ4n) is 3.16. The molecular weight excluding hydrogens is 222 g/mol. The van der Waals surface area contributed by atoms with Crippen molar-refractivity contribution in [2.24, 2.45) is 5.92 Å². The molecule has 1 aromatic rings. The number of fused-ring (bicyclic) bond motifs is 1. The van der Waals surface area contributed by atoms with E-state index in [9.17, 15) is 0 Å². The fourth-order valence-corrected chi connectivity index (χ4v) is 3.16. The summed E-state index contributed by atoms with van der Waals surface area (Å²) in [6.45, 7) is 3.19. The van der Waals surface area contributed by atoms with Crippen molar-refractivity contribution in [3.8, 4) is 0 Å². The van der Waals surface area contributed by atoms with Gasteiger partial charge in [-0.05, 0) is 51.4 Å². The zero-order valence-electron chi connectivity index (χ0n) is 11.6. The summed E-state index contributed by atoms with van der Waals surface area (Å²) in [5.74, 6) is 3.04. The Kier molecular flexibility index (Phi) is 3.23. The molecule has 2 aliphatic rings. The third-order valence-corrected chi connectivity index (χ3v) is 4.39. The summed E-state index contributed by atoms with van der Waals surface area (Å²) in [5.41, 5.74) is 2.73. The normalized spacial score (nSPS) is 19.2. The van der Waals surface area contributed by atoms with Crippen LogP contribution in [0.1, 0.15) is 49.2 Å². The maximum absolute atomic E-state index is 4.71. The quantitative estimate of drug-likeness (QED) is 0.820. The van der Waals surface area contributed by atoms with E-state index in [2.05, 4.69) is 16.9 Å². The SMILES string of the molecule is Cc1nc2c(c(N(C)CC3CCC3)n1)CCCC2. The van der Waals surface area contributed by atoms with Crippen molar-refractivity contribution < 1.29 is 0 Å². The smallest absolute Gasteiger partial charge is 0.135 e. The molecule has 0 atom stereocenters. The van der Waals surface area contributed by atoms with Crippen molar-refractivity contribution >= 4 is 5.82 Å². The summed E-state index contributed by atoms with van der Waals surface area (Å²) < 4.78 is 0. The summed E-state index contributed by atoms with van der Waals surface area (Å²) in [5, 5.41) is 0. The number of nitrogens with zero attached hydrogens (tertiary/aromatic N) is 3. The minimum Gasteiger partial charge on any atom is -0.359 e. The van der Waals surface area contributed by atoms with Gasteiger partial charge in [-0.15, -0.1) is 0 Å². The Hall–Kier alpha value is -1.12. The van der Waals surface area contributed by atoms with Gasteiger partial charge in [0.2, 0.25) is 0 Å². The summed E-state index contributed by atoms with van der Waals surface area (Å²) in [4.78, 5) is 11.7. The van der Waals surface area contributed by atoms with Crippen LogP contribution in [0.3, 0.4) is 0 Å². The van der Waals surface area contributed by atoms with Crippen LogP contribution in [0.15, 0.2) is 0 Å². The van der Waals surface area contributed by atoms with Gasteiger partial charge in [0.25, 0.3) is 0 Å². The van der Waals surface area contributed by atoms with Crippen LogP contribution >= 0.6 is 0 Å². The molecule has 0 bridgehead atoms. The van der Waals surface area contributed by atoms with Gasteiger partial charge in [0.1, 0.15) is 11.6 Å². The lowest BCUT2D eigenvalue weighted by atomic mass is 9.85. The van der Waals surface area contributed by atoms with E-state index in [0.29, 0.717) is 0 Å². The fraction of sp³-hybridized carbons (Fsp3) is 0.733. The molecule has 1 saturated carbocycles. The van der Waals surface area contributed by atoms with Crippen LogP contribution in [0.5, 0.6) is 0 Å². The summed E-state index contributed by atoms with van der Waals surface area (Å²) >= 11 is 0. The highest BCUT2D eigenvalue weighted by molar-refractivity contribution is 5.49. The van der Waals surface area contributed by atoms with Crippen LogP contribution in [0.25, 0.3) is 0 Å². The zero-order chi connectivity index (χ0) is 12.5. The van der Waals surface area contributed by atoms with Gasteiger partial charge in [-0.2, -0.15) is 0 Å². The molecule has 0 N–H and O–H groups in total. The molecule has 1 aromatic heterocycles. The van der Waals surface area contributed by atoms with Crippen molar-refractivity contribution in [3.63, 3.8) is 0 Å². The van der Waals surface area contributed by atoms with Crippen LogP contribution in [0, 0.1) is 12.8 Å². The van der Waals surface area contributed by atoms with Crippen molar-refractivity contribution in [2.45, 2.75) is 51.9 Å². The largest absolute Gasteiger partial charge is 0.359 e. The second kappa shape index (κ2) is 4.87. The highest BCUT2D eigenvalue weighted by Gasteiger charge is 2.23. The summed E-state index contributed by atoms with van der Waals surface area (Å²) in [6, 6.07) is 0. The number of aromatic nitrogens is 2. The van der Waals surface area contributed by atoms with Gasteiger partial charge in [-0.25, -0.2) is 9.97 Å². The molecule has 2 aliphatic carbocycles. The third kappa shape index (κ3) is 2.23. The molecule has 0 amide bonds. The minimum absolute atomic E-state index is 0.893. The van der Waals surface area contributed by atoms with Gasteiger partial charge in [0, 0.05) is 24.8 Å². The Balaban J connectivity index is 1.86. The average molecular weight is 245 g/mol. The van der Waals surface area contributed by atoms with E-state index in [0.717, 1.165) is 18.2 Å². The van der Waals surface area contributed by atoms with Crippen LogP contribution in [-0.2, 0) is 12.8 Å². The first kappa shape index (κ1) is 11.9. The zero-order valence-corrected chi connectivity index (χ0v) is 11.6. The van der Waals surface area contributed by atoms with Crippen molar-refractivity contribution in [2.75, 3.05) is 18.5 Å². The molecule has 0 saturated heterocycles. The molecule has 18 heavy (non-hydrogen) atoms. The first-order valence-corrected chi connectivity index (χ1v) is 7.31. The highest BCUT2D eigenvalue weighted by Crippen LogP contribution is 2.31. The monoisotopic (exact) mass is 245 g/mol. The summed E-state index contributed by atoms with van der Waals surface area (Å²) in [7, 11) is 2.20. The Labute approximate surface area is 110 Å². The van der Waals surface area contributed by atoms with Crippen molar-refractivity contribution in [3.05, 3.63) is 17.1 Å². The van der Waals surface area contributed by atoms with E-state index in [1.165, 1.54) is 62.1 Å². The first-order chi connectivity index (χ1) is 8.74. The minimum atomic E-state index is 0.893. The second-order valence-corrected chi connectivity index (χ2v) is 5.90. The van der Waals surface area contributed by atoms with Gasteiger partial charge in [0.05, 0.1) is 0 Å². The number of hydrogen-bond acceptors (Lipinski definition) is 3. The Morgan fingerprint density at radius 2 is 1.89 bits per heavy atom. The lowest BCUT2D eigenvalue weighted by molar-refractivity contribution is 0.320. The maximum Gasteiger partial charge on any atom is 0.135 e. The van der Waals surface area contributed by atoms with Crippen LogP contribution in [-0.4, -0.2) is 23.6 Å². The van der Waals surface area contributed by atoms with E-state index in [4.69, 9.17) is 4.98 Å². The van der Waals surface area contributed by atoms with Gasteiger partial charge >= 0.3 is 0 Å². The van der Waals surface area contributed by atoms with Crippen LogP contribution < -0.4 is 4.90 Å². The van der Waals surface area contributed by atoms with Crippen LogP contribution in [0.2, 0.25) is 0 Å². The summed E-state index contributed by atoms with van der Waals surface area (Å²) in [6.07, 6.45) is 9.11. The molecule has 3 heteroatoms. The predicted octanol–water partition coefficient (Wildman–Crippen LogP) is 2.90. The molecule has 0 aliphatic heterocycles. The molecule has 98 valence electrons. The van der Waals surface area contributed by atoms with E-state index >= 15 is 0 Å². The second-order valence-electron chi connectivity index (χ2n) is 5.90. The van der Waals surface area contributed by atoms with Crippen LogP contribution in [0.4, 0.5) is 5.82 Å². The molecule has 0 spiro atoms. The molecular formula is C15H23N3. The van der Waals surface area contributed by atoms with Gasteiger partial charge in [-0.1, -0.05) is 6.42 Å². The predicted molar refractivity (Wildman–Crippen MR) is 74.0 cm³/mol. The third-order valence-electron chi connectivity index (χ3n) is 4.39. The number of rotatable bonds is 3. The lowest BCUT2D eigenvalue weighted by Crippen LogP contribution is -2.31. The molecule has 1 heterocycles. The number of anilines is 1.